The second kappa shape index (κ2) is 5.72. The first-order chi connectivity index (χ1) is 7.58. The lowest BCUT2D eigenvalue weighted by Gasteiger charge is -2.17. The lowest BCUT2D eigenvalue weighted by Crippen LogP contribution is -2.24. The zero-order valence-electron chi connectivity index (χ0n) is 9.56. The molecule has 1 unspecified atom stereocenters. The summed E-state index contributed by atoms with van der Waals surface area (Å²) in [5, 5.41) is 8.97. The largest absolute Gasteiger partial charge is 0.298 e. The molecular weight excluding hydrogens is 218 g/mol. The van der Waals surface area contributed by atoms with Gasteiger partial charge in [0.2, 0.25) is 0 Å². The molecule has 0 radical (unpaired) electrons. The molecule has 2 nitrogen and oxygen atoms in total. The van der Waals surface area contributed by atoms with Crippen molar-refractivity contribution in [1.29, 1.82) is 5.26 Å². The lowest BCUT2D eigenvalue weighted by atomic mass is 9.85. The van der Waals surface area contributed by atoms with Gasteiger partial charge in [0.25, 0.3) is 0 Å². The molecule has 0 saturated heterocycles. The zero-order chi connectivity index (χ0) is 12.0. The van der Waals surface area contributed by atoms with Gasteiger partial charge in [-0.15, -0.1) is 11.8 Å². The van der Waals surface area contributed by atoms with Crippen LogP contribution >= 0.6 is 11.8 Å². The van der Waals surface area contributed by atoms with Crippen LogP contribution in [0.2, 0.25) is 0 Å². The standard InChI is InChI=1S/C13H15NOS/c1-11(15)13(2,10-14)8-9-16-12-6-4-3-5-7-12/h3-7H,8-9H2,1-2H3. The third-order valence-corrected chi connectivity index (χ3v) is 3.65. The monoisotopic (exact) mass is 233 g/mol. The number of rotatable bonds is 5. The molecular formula is C13H15NOS. The van der Waals surface area contributed by atoms with Gasteiger partial charge in [-0.3, -0.25) is 4.79 Å². The fraction of sp³-hybridized carbons (Fsp3) is 0.385. The summed E-state index contributed by atoms with van der Waals surface area (Å²) in [5.74, 6) is 0.733. The molecule has 0 heterocycles. The highest BCUT2D eigenvalue weighted by Crippen LogP contribution is 2.27. The summed E-state index contributed by atoms with van der Waals surface area (Å²) in [5.41, 5.74) is -0.832. The normalized spacial score (nSPS) is 13.8. The van der Waals surface area contributed by atoms with E-state index in [9.17, 15) is 4.79 Å². The Morgan fingerprint density at radius 2 is 2.06 bits per heavy atom. The van der Waals surface area contributed by atoms with Crippen molar-refractivity contribution in [3.8, 4) is 6.07 Å². The van der Waals surface area contributed by atoms with Crippen molar-refractivity contribution in [3.05, 3.63) is 30.3 Å². The highest BCUT2D eigenvalue weighted by atomic mass is 32.2. The van der Waals surface area contributed by atoms with E-state index in [0.717, 1.165) is 5.75 Å². The molecule has 0 aliphatic rings. The number of carbonyl (C=O) groups excluding carboxylic acids is 1. The van der Waals surface area contributed by atoms with Crippen LogP contribution in [0.15, 0.2) is 35.2 Å². The maximum absolute atomic E-state index is 11.3. The number of benzene rings is 1. The molecule has 0 fully saturated rings. The summed E-state index contributed by atoms with van der Waals surface area (Å²) in [7, 11) is 0. The van der Waals surface area contributed by atoms with Crippen LogP contribution in [0.4, 0.5) is 0 Å². The Hall–Kier alpha value is -1.27. The third-order valence-electron chi connectivity index (χ3n) is 2.64. The molecule has 0 amide bonds. The summed E-state index contributed by atoms with van der Waals surface area (Å²) in [4.78, 5) is 12.5. The van der Waals surface area contributed by atoms with E-state index >= 15 is 0 Å². The number of nitriles is 1. The SMILES string of the molecule is CC(=O)C(C)(C#N)CCSc1ccccc1. The Morgan fingerprint density at radius 1 is 1.44 bits per heavy atom. The predicted molar refractivity (Wildman–Crippen MR) is 66.2 cm³/mol. The molecule has 0 spiro atoms. The Morgan fingerprint density at radius 3 is 2.56 bits per heavy atom. The van der Waals surface area contributed by atoms with E-state index in [1.54, 1.807) is 18.7 Å². The van der Waals surface area contributed by atoms with E-state index < -0.39 is 5.41 Å². The molecule has 16 heavy (non-hydrogen) atoms. The van der Waals surface area contributed by atoms with Crippen LogP contribution in [0.1, 0.15) is 20.3 Å². The zero-order valence-corrected chi connectivity index (χ0v) is 10.4. The molecule has 84 valence electrons. The number of hydrogen-bond acceptors (Lipinski definition) is 3. The van der Waals surface area contributed by atoms with E-state index in [2.05, 4.69) is 6.07 Å². The maximum atomic E-state index is 11.3. The molecule has 0 N–H and O–H groups in total. The molecule has 0 saturated carbocycles. The first kappa shape index (κ1) is 12.8. The number of ketones is 1. The van der Waals surface area contributed by atoms with Gasteiger partial charge >= 0.3 is 0 Å². The fourth-order valence-corrected chi connectivity index (χ4v) is 2.30. The Balaban J connectivity index is 2.47. The first-order valence-electron chi connectivity index (χ1n) is 5.18. The van der Waals surface area contributed by atoms with Crippen molar-refractivity contribution in [1.82, 2.24) is 0 Å². The van der Waals surface area contributed by atoms with Crippen LogP contribution in [0.3, 0.4) is 0 Å². The quantitative estimate of drug-likeness (QED) is 0.733. The summed E-state index contributed by atoms with van der Waals surface area (Å²) < 4.78 is 0. The minimum absolute atomic E-state index is 0.0522. The Labute approximate surface area is 101 Å². The van der Waals surface area contributed by atoms with Crippen molar-refractivity contribution < 1.29 is 4.79 Å². The predicted octanol–water partition coefficient (Wildman–Crippen LogP) is 3.29. The highest BCUT2D eigenvalue weighted by molar-refractivity contribution is 7.99. The summed E-state index contributed by atoms with van der Waals surface area (Å²) >= 11 is 1.68. The van der Waals surface area contributed by atoms with Crippen LogP contribution in [0.5, 0.6) is 0 Å². The van der Waals surface area contributed by atoms with Gasteiger partial charge in [0.15, 0.2) is 0 Å². The van der Waals surface area contributed by atoms with E-state index in [0.29, 0.717) is 6.42 Å². The van der Waals surface area contributed by atoms with E-state index in [1.165, 1.54) is 11.8 Å². The van der Waals surface area contributed by atoms with Gasteiger partial charge in [-0.1, -0.05) is 18.2 Å². The number of nitrogens with zero attached hydrogens (tertiary/aromatic N) is 1. The van der Waals surface area contributed by atoms with Gasteiger partial charge in [-0.25, -0.2) is 0 Å². The smallest absolute Gasteiger partial charge is 0.149 e. The molecule has 0 aliphatic heterocycles. The first-order valence-corrected chi connectivity index (χ1v) is 6.17. The van der Waals surface area contributed by atoms with Crippen molar-refractivity contribution >= 4 is 17.5 Å². The van der Waals surface area contributed by atoms with E-state index in [4.69, 9.17) is 5.26 Å². The van der Waals surface area contributed by atoms with Crippen molar-refractivity contribution in [2.45, 2.75) is 25.2 Å². The van der Waals surface area contributed by atoms with Crippen LogP contribution in [-0.2, 0) is 4.79 Å². The summed E-state index contributed by atoms with van der Waals surface area (Å²) in [6, 6.07) is 12.1. The van der Waals surface area contributed by atoms with Gasteiger partial charge in [0.1, 0.15) is 11.2 Å². The topological polar surface area (TPSA) is 40.9 Å². The van der Waals surface area contributed by atoms with Gasteiger partial charge in [0, 0.05) is 4.90 Å². The summed E-state index contributed by atoms with van der Waals surface area (Å²) in [6.07, 6.45) is 0.596. The number of carbonyl (C=O) groups is 1. The van der Waals surface area contributed by atoms with Crippen molar-refractivity contribution in [2.24, 2.45) is 5.41 Å². The number of thioether (sulfide) groups is 1. The summed E-state index contributed by atoms with van der Waals surface area (Å²) in [6.45, 7) is 3.19. The molecule has 0 bridgehead atoms. The highest BCUT2D eigenvalue weighted by Gasteiger charge is 2.28. The molecule has 1 rings (SSSR count). The van der Waals surface area contributed by atoms with Crippen LogP contribution in [0.25, 0.3) is 0 Å². The maximum Gasteiger partial charge on any atom is 0.149 e. The van der Waals surface area contributed by atoms with Crippen molar-refractivity contribution in [3.63, 3.8) is 0 Å². The van der Waals surface area contributed by atoms with Gasteiger partial charge in [-0.05, 0) is 38.2 Å². The van der Waals surface area contributed by atoms with Crippen LogP contribution < -0.4 is 0 Å². The number of Topliss-reactive ketones (excluding diaryl/α,β-unsaturated/α-hetero) is 1. The number of hydrogen-bond donors (Lipinski definition) is 0. The molecule has 1 atom stereocenters. The van der Waals surface area contributed by atoms with E-state index in [1.807, 2.05) is 30.3 Å². The van der Waals surface area contributed by atoms with Crippen molar-refractivity contribution in [2.75, 3.05) is 5.75 Å². The minimum atomic E-state index is -0.832. The average Bonchev–Trinajstić information content (AvgIpc) is 2.30. The molecule has 0 aliphatic carbocycles. The Bertz CT molecular complexity index is 396. The average molecular weight is 233 g/mol. The molecule has 1 aromatic carbocycles. The van der Waals surface area contributed by atoms with Gasteiger partial charge < -0.3 is 0 Å². The molecule has 1 aromatic rings. The fourth-order valence-electron chi connectivity index (χ4n) is 1.20. The second-order valence-corrected chi connectivity index (χ2v) is 5.08. The van der Waals surface area contributed by atoms with Gasteiger partial charge in [-0.2, -0.15) is 5.26 Å². The lowest BCUT2D eigenvalue weighted by molar-refractivity contribution is -0.123. The third kappa shape index (κ3) is 3.39. The van der Waals surface area contributed by atoms with E-state index in [-0.39, 0.29) is 5.78 Å². The van der Waals surface area contributed by atoms with Crippen LogP contribution in [0, 0.1) is 16.7 Å². The minimum Gasteiger partial charge on any atom is -0.298 e. The molecule has 0 aromatic heterocycles. The molecule has 3 heteroatoms. The Kier molecular flexibility index (Phi) is 4.57. The second-order valence-electron chi connectivity index (χ2n) is 3.91. The van der Waals surface area contributed by atoms with Crippen LogP contribution in [-0.4, -0.2) is 11.5 Å². The van der Waals surface area contributed by atoms with Gasteiger partial charge in [0.05, 0.1) is 6.07 Å².